The van der Waals surface area contributed by atoms with Crippen LogP contribution < -0.4 is 5.73 Å². The Kier molecular flexibility index (Phi) is 3.38. The Bertz CT molecular complexity index is 339. The first-order chi connectivity index (χ1) is 7.25. The van der Waals surface area contributed by atoms with Gasteiger partial charge in [0.25, 0.3) is 0 Å². The largest absolute Gasteiger partial charge is 0.381 e. The van der Waals surface area contributed by atoms with E-state index < -0.39 is 0 Å². The minimum Gasteiger partial charge on any atom is -0.381 e. The zero-order valence-corrected chi connectivity index (χ0v) is 9.20. The standard InChI is InChI=1S/C10H14ClN3O/c11-9-6-8(13-14-10(9)12)5-7-1-3-15-4-2-7/h6-7H,1-5H2,(H2,12,14). The molecule has 0 radical (unpaired) electrons. The molecule has 1 fully saturated rings. The fourth-order valence-corrected chi connectivity index (χ4v) is 1.92. The summed E-state index contributed by atoms with van der Waals surface area (Å²) < 4.78 is 5.30. The Hall–Kier alpha value is -0.870. The molecular weight excluding hydrogens is 214 g/mol. The van der Waals surface area contributed by atoms with Crippen LogP contribution in [0.1, 0.15) is 18.5 Å². The summed E-state index contributed by atoms with van der Waals surface area (Å²) in [6.07, 6.45) is 3.09. The van der Waals surface area contributed by atoms with Gasteiger partial charge >= 0.3 is 0 Å². The van der Waals surface area contributed by atoms with Crippen LogP contribution in [0.4, 0.5) is 5.82 Å². The predicted molar refractivity (Wildman–Crippen MR) is 58.7 cm³/mol. The first-order valence-electron chi connectivity index (χ1n) is 5.11. The summed E-state index contributed by atoms with van der Waals surface area (Å²) in [6.45, 7) is 1.70. The van der Waals surface area contributed by atoms with Crippen molar-refractivity contribution in [3.8, 4) is 0 Å². The number of hydrogen-bond acceptors (Lipinski definition) is 4. The summed E-state index contributed by atoms with van der Waals surface area (Å²) in [7, 11) is 0. The van der Waals surface area contributed by atoms with Gasteiger partial charge in [-0.15, -0.1) is 5.10 Å². The lowest BCUT2D eigenvalue weighted by atomic mass is 9.95. The first-order valence-corrected chi connectivity index (χ1v) is 5.49. The Labute approximate surface area is 93.8 Å². The number of nitrogens with two attached hydrogens (primary N) is 1. The molecule has 2 rings (SSSR count). The minimum absolute atomic E-state index is 0.299. The fraction of sp³-hybridized carbons (Fsp3) is 0.600. The number of anilines is 1. The molecule has 1 saturated heterocycles. The second kappa shape index (κ2) is 4.77. The molecule has 82 valence electrons. The van der Waals surface area contributed by atoms with E-state index in [0.29, 0.717) is 16.8 Å². The summed E-state index contributed by atoms with van der Waals surface area (Å²) in [4.78, 5) is 0. The maximum absolute atomic E-state index is 5.88. The van der Waals surface area contributed by atoms with E-state index in [1.165, 1.54) is 0 Å². The van der Waals surface area contributed by atoms with Gasteiger partial charge in [-0.2, -0.15) is 5.10 Å². The van der Waals surface area contributed by atoms with E-state index in [1.54, 1.807) is 6.07 Å². The van der Waals surface area contributed by atoms with E-state index >= 15 is 0 Å². The molecule has 1 aromatic rings. The van der Waals surface area contributed by atoms with Crippen molar-refractivity contribution in [2.45, 2.75) is 19.3 Å². The van der Waals surface area contributed by atoms with Crippen molar-refractivity contribution in [2.75, 3.05) is 18.9 Å². The molecule has 0 amide bonds. The van der Waals surface area contributed by atoms with Crippen LogP contribution in [0.3, 0.4) is 0 Å². The van der Waals surface area contributed by atoms with E-state index in [0.717, 1.165) is 38.2 Å². The summed E-state index contributed by atoms with van der Waals surface area (Å²) in [5.74, 6) is 0.931. The van der Waals surface area contributed by atoms with Gasteiger partial charge in [-0.05, 0) is 31.2 Å². The quantitative estimate of drug-likeness (QED) is 0.835. The van der Waals surface area contributed by atoms with Crippen LogP contribution in [-0.2, 0) is 11.2 Å². The lowest BCUT2D eigenvalue weighted by Gasteiger charge is -2.21. The normalized spacial score (nSPS) is 17.9. The topological polar surface area (TPSA) is 61.0 Å². The van der Waals surface area contributed by atoms with E-state index in [4.69, 9.17) is 22.1 Å². The van der Waals surface area contributed by atoms with Crippen LogP contribution in [0.2, 0.25) is 5.02 Å². The molecule has 0 atom stereocenters. The van der Waals surface area contributed by atoms with Gasteiger partial charge in [0.15, 0.2) is 5.82 Å². The molecule has 0 aromatic carbocycles. The van der Waals surface area contributed by atoms with Gasteiger partial charge < -0.3 is 10.5 Å². The number of ether oxygens (including phenoxy) is 1. The number of hydrogen-bond donors (Lipinski definition) is 1. The van der Waals surface area contributed by atoms with Gasteiger partial charge in [0, 0.05) is 13.2 Å². The summed E-state index contributed by atoms with van der Waals surface area (Å²) in [6, 6.07) is 1.80. The average molecular weight is 228 g/mol. The van der Waals surface area contributed by atoms with E-state index in [2.05, 4.69) is 10.2 Å². The van der Waals surface area contributed by atoms with E-state index in [9.17, 15) is 0 Å². The lowest BCUT2D eigenvalue weighted by Crippen LogP contribution is -2.18. The third-order valence-electron chi connectivity index (χ3n) is 2.66. The molecule has 0 aliphatic carbocycles. The highest BCUT2D eigenvalue weighted by atomic mass is 35.5. The second-order valence-corrected chi connectivity index (χ2v) is 4.24. The zero-order chi connectivity index (χ0) is 10.7. The number of halogens is 1. The summed E-state index contributed by atoms with van der Waals surface area (Å²) in [5.41, 5.74) is 6.41. The third kappa shape index (κ3) is 2.79. The molecule has 0 saturated carbocycles. The number of aromatic nitrogens is 2. The molecule has 2 N–H and O–H groups in total. The number of nitrogen functional groups attached to an aromatic ring is 1. The van der Waals surface area contributed by atoms with Crippen LogP contribution in [0.25, 0.3) is 0 Å². The zero-order valence-electron chi connectivity index (χ0n) is 8.45. The highest BCUT2D eigenvalue weighted by molar-refractivity contribution is 6.32. The highest BCUT2D eigenvalue weighted by Gasteiger charge is 2.15. The maximum atomic E-state index is 5.88. The van der Waals surface area contributed by atoms with Gasteiger partial charge in [-0.1, -0.05) is 11.6 Å². The van der Waals surface area contributed by atoms with Crippen molar-refractivity contribution in [3.63, 3.8) is 0 Å². The predicted octanol–water partition coefficient (Wildman–Crippen LogP) is 1.68. The number of rotatable bonds is 2. The summed E-state index contributed by atoms with van der Waals surface area (Å²) in [5, 5.41) is 8.33. The molecule has 2 heterocycles. The van der Waals surface area contributed by atoms with Crippen molar-refractivity contribution in [2.24, 2.45) is 5.92 Å². The third-order valence-corrected chi connectivity index (χ3v) is 2.97. The minimum atomic E-state index is 0.299. The van der Waals surface area contributed by atoms with Crippen molar-refractivity contribution < 1.29 is 4.74 Å². The molecule has 1 aromatic heterocycles. The summed E-state index contributed by atoms with van der Waals surface area (Å²) >= 11 is 5.88. The number of nitrogens with zero attached hydrogens (tertiary/aromatic N) is 2. The van der Waals surface area contributed by atoms with Gasteiger partial charge in [0.05, 0.1) is 10.7 Å². The van der Waals surface area contributed by atoms with Crippen molar-refractivity contribution in [1.29, 1.82) is 0 Å². The SMILES string of the molecule is Nc1nnc(CC2CCOCC2)cc1Cl. The molecule has 5 heteroatoms. The molecular formula is C10H14ClN3O. The van der Waals surface area contributed by atoms with E-state index in [1.807, 2.05) is 0 Å². The molecule has 0 spiro atoms. The van der Waals surface area contributed by atoms with Crippen molar-refractivity contribution in [3.05, 3.63) is 16.8 Å². The Morgan fingerprint density at radius 3 is 2.80 bits per heavy atom. The van der Waals surface area contributed by atoms with E-state index in [-0.39, 0.29) is 0 Å². The van der Waals surface area contributed by atoms with Gasteiger partial charge in [0.1, 0.15) is 0 Å². The van der Waals surface area contributed by atoms with Gasteiger partial charge in [-0.3, -0.25) is 0 Å². The second-order valence-electron chi connectivity index (χ2n) is 3.83. The first kappa shape index (κ1) is 10.6. The van der Waals surface area contributed by atoms with Crippen LogP contribution in [0.15, 0.2) is 6.07 Å². The van der Waals surface area contributed by atoms with Gasteiger partial charge in [0.2, 0.25) is 0 Å². The Morgan fingerprint density at radius 2 is 2.13 bits per heavy atom. The molecule has 15 heavy (non-hydrogen) atoms. The lowest BCUT2D eigenvalue weighted by molar-refractivity contribution is 0.0662. The van der Waals surface area contributed by atoms with Crippen molar-refractivity contribution in [1.82, 2.24) is 10.2 Å². The maximum Gasteiger partial charge on any atom is 0.164 e. The van der Waals surface area contributed by atoms with Crippen molar-refractivity contribution >= 4 is 17.4 Å². The van der Waals surface area contributed by atoms with Crippen LogP contribution in [0, 0.1) is 5.92 Å². The van der Waals surface area contributed by atoms with Crippen LogP contribution >= 0.6 is 11.6 Å². The smallest absolute Gasteiger partial charge is 0.164 e. The average Bonchev–Trinajstić information content (AvgIpc) is 2.25. The highest BCUT2D eigenvalue weighted by Crippen LogP contribution is 2.21. The Morgan fingerprint density at radius 1 is 1.40 bits per heavy atom. The molecule has 0 bridgehead atoms. The van der Waals surface area contributed by atoms with Gasteiger partial charge in [-0.25, -0.2) is 0 Å². The van der Waals surface area contributed by atoms with Crippen LogP contribution in [0.5, 0.6) is 0 Å². The monoisotopic (exact) mass is 227 g/mol. The molecule has 0 unspecified atom stereocenters. The molecule has 1 aliphatic rings. The molecule has 1 aliphatic heterocycles. The molecule has 4 nitrogen and oxygen atoms in total. The Balaban J connectivity index is 2.00. The van der Waals surface area contributed by atoms with Crippen LogP contribution in [-0.4, -0.2) is 23.4 Å². The fourth-order valence-electron chi connectivity index (χ4n) is 1.76.